The zero-order valence-electron chi connectivity index (χ0n) is 14.8. The number of aromatic nitrogens is 2. The lowest BCUT2D eigenvalue weighted by atomic mass is 9.96. The van der Waals surface area contributed by atoms with Gasteiger partial charge in [0.25, 0.3) is 0 Å². The molecule has 0 radical (unpaired) electrons. The van der Waals surface area contributed by atoms with E-state index >= 15 is 0 Å². The summed E-state index contributed by atoms with van der Waals surface area (Å²) in [6.07, 6.45) is 1.29. The summed E-state index contributed by atoms with van der Waals surface area (Å²) < 4.78 is 4.98. The second kappa shape index (κ2) is 8.46. The van der Waals surface area contributed by atoms with E-state index in [1.807, 2.05) is 30.3 Å². The van der Waals surface area contributed by atoms with Crippen molar-refractivity contribution in [3.63, 3.8) is 0 Å². The first-order chi connectivity index (χ1) is 12.6. The summed E-state index contributed by atoms with van der Waals surface area (Å²) in [5, 5.41) is 9.43. The normalized spacial score (nSPS) is 14.9. The van der Waals surface area contributed by atoms with Gasteiger partial charge in [0.1, 0.15) is 0 Å². The quantitative estimate of drug-likeness (QED) is 0.847. The molecule has 8 heteroatoms. The summed E-state index contributed by atoms with van der Waals surface area (Å²) in [5.41, 5.74) is 1.06. The molecule has 0 spiro atoms. The molecule has 1 saturated heterocycles. The van der Waals surface area contributed by atoms with E-state index in [0.717, 1.165) is 5.56 Å². The molecule has 1 aromatic carbocycles. The number of urea groups is 1. The summed E-state index contributed by atoms with van der Waals surface area (Å²) in [6, 6.07) is 9.70. The summed E-state index contributed by atoms with van der Waals surface area (Å²) in [7, 11) is 0. The molecular formula is C18H23N5O3. The van der Waals surface area contributed by atoms with Crippen molar-refractivity contribution in [1.82, 2.24) is 25.7 Å². The molecule has 2 aromatic rings. The molecule has 3 rings (SSSR count). The van der Waals surface area contributed by atoms with Gasteiger partial charge in [-0.1, -0.05) is 35.5 Å². The number of nitrogens with one attached hydrogen (secondary N) is 2. The second-order valence-electron chi connectivity index (χ2n) is 6.36. The Morgan fingerprint density at radius 3 is 2.54 bits per heavy atom. The molecule has 0 bridgehead atoms. The molecule has 1 aliphatic heterocycles. The van der Waals surface area contributed by atoms with E-state index in [1.165, 1.54) is 0 Å². The van der Waals surface area contributed by atoms with Crippen molar-refractivity contribution in [2.45, 2.75) is 32.9 Å². The smallest absolute Gasteiger partial charge is 0.317 e. The van der Waals surface area contributed by atoms with Crippen LogP contribution in [0.3, 0.4) is 0 Å². The number of hydrogen-bond donors (Lipinski definition) is 2. The summed E-state index contributed by atoms with van der Waals surface area (Å²) >= 11 is 0. The molecule has 1 fully saturated rings. The highest BCUT2D eigenvalue weighted by atomic mass is 16.5. The first-order valence-electron chi connectivity index (χ1n) is 8.75. The Labute approximate surface area is 151 Å². The molecule has 1 aliphatic rings. The van der Waals surface area contributed by atoms with Gasteiger partial charge in [0, 0.05) is 25.6 Å². The number of amides is 3. The van der Waals surface area contributed by atoms with Crippen LogP contribution < -0.4 is 10.6 Å². The highest BCUT2D eigenvalue weighted by Gasteiger charge is 2.27. The summed E-state index contributed by atoms with van der Waals surface area (Å²) in [4.78, 5) is 30.3. The van der Waals surface area contributed by atoms with Crippen molar-refractivity contribution in [2.75, 3.05) is 13.1 Å². The Hall–Kier alpha value is -2.90. The predicted molar refractivity (Wildman–Crippen MR) is 93.9 cm³/mol. The van der Waals surface area contributed by atoms with E-state index in [2.05, 4.69) is 20.8 Å². The Bertz CT molecular complexity index is 738. The monoisotopic (exact) mass is 357 g/mol. The summed E-state index contributed by atoms with van der Waals surface area (Å²) in [6.45, 7) is 3.60. The van der Waals surface area contributed by atoms with E-state index in [9.17, 15) is 9.59 Å². The molecule has 0 atom stereocenters. The van der Waals surface area contributed by atoms with Crippen molar-refractivity contribution < 1.29 is 14.1 Å². The third-order valence-electron chi connectivity index (χ3n) is 4.42. The van der Waals surface area contributed by atoms with Gasteiger partial charge in [-0.2, -0.15) is 4.98 Å². The number of benzene rings is 1. The van der Waals surface area contributed by atoms with E-state index in [-0.39, 0.29) is 24.4 Å². The number of aryl methyl sites for hydroxylation is 1. The average Bonchev–Trinajstić information content (AvgIpc) is 3.10. The number of likely N-dealkylation sites (tertiary alicyclic amines) is 1. The van der Waals surface area contributed by atoms with Crippen molar-refractivity contribution in [1.29, 1.82) is 0 Å². The van der Waals surface area contributed by atoms with E-state index in [0.29, 0.717) is 44.2 Å². The van der Waals surface area contributed by atoms with Gasteiger partial charge in [-0.05, 0) is 25.3 Å². The Morgan fingerprint density at radius 1 is 1.15 bits per heavy atom. The first-order valence-corrected chi connectivity index (χ1v) is 8.75. The highest BCUT2D eigenvalue weighted by Crippen LogP contribution is 2.17. The fraction of sp³-hybridized carbons (Fsp3) is 0.444. The van der Waals surface area contributed by atoms with Crippen molar-refractivity contribution in [2.24, 2.45) is 5.92 Å². The zero-order valence-corrected chi connectivity index (χ0v) is 14.8. The van der Waals surface area contributed by atoms with Gasteiger partial charge < -0.3 is 20.1 Å². The maximum Gasteiger partial charge on any atom is 0.317 e. The van der Waals surface area contributed by atoms with E-state index < -0.39 is 0 Å². The third-order valence-corrected chi connectivity index (χ3v) is 4.42. The number of carbonyl (C=O) groups excluding carboxylic acids is 2. The number of nitrogens with zero attached hydrogens (tertiary/aromatic N) is 3. The average molecular weight is 357 g/mol. The SMILES string of the molecule is Cc1noc(CNC(=O)C2CCN(C(=O)NCc3ccccc3)CC2)n1. The third kappa shape index (κ3) is 4.81. The highest BCUT2D eigenvalue weighted by molar-refractivity contribution is 5.79. The number of rotatable bonds is 5. The minimum atomic E-state index is -0.0998. The van der Waals surface area contributed by atoms with Gasteiger partial charge in [0.05, 0.1) is 6.54 Å². The molecule has 0 unspecified atom stereocenters. The topological polar surface area (TPSA) is 100 Å². The van der Waals surface area contributed by atoms with E-state index in [1.54, 1.807) is 11.8 Å². The molecule has 2 heterocycles. The van der Waals surface area contributed by atoms with Crippen molar-refractivity contribution in [3.8, 4) is 0 Å². The molecule has 138 valence electrons. The van der Waals surface area contributed by atoms with Gasteiger partial charge >= 0.3 is 6.03 Å². The minimum absolute atomic E-state index is 0.0369. The van der Waals surface area contributed by atoms with Crippen molar-refractivity contribution in [3.05, 3.63) is 47.6 Å². The molecule has 8 nitrogen and oxygen atoms in total. The second-order valence-corrected chi connectivity index (χ2v) is 6.36. The number of hydrogen-bond acceptors (Lipinski definition) is 5. The minimum Gasteiger partial charge on any atom is -0.347 e. The lowest BCUT2D eigenvalue weighted by molar-refractivity contribution is -0.126. The van der Waals surface area contributed by atoms with E-state index in [4.69, 9.17) is 4.52 Å². The van der Waals surface area contributed by atoms with Crippen LogP contribution in [0.25, 0.3) is 0 Å². The lowest BCUT2D eigenvalue weighted by Crippen LogP contribution is -2.46. The predicted octanol–water partition coefficient (Wildman–Crippen LogP) is 1.62. The van der Waals surface area contributed by atoms with Gasteiger partial charge in [0.15, 0.2) is 5.82 Å². The Balaban J connectivity index is 1.39. The standard InChI is InChI=1S/C18H23N5O3/c1-13-21-16(26-22-13)12-19-17(24)15-7-9-23(10-8-15)18(25)20-11-14-5-3-2-4-6-14/h2-6,15H,7-12H2,1H3,(H,19,24)(H,20,25). The maximum atomic E-state index is 12.2. The van der Waals surface area contributed by atoms with Gasteiger partial charge in [-0.3, -0.25) is 4.79 Å². The van der Waals surface area contributed by atoms with Crippen LogP contribution in [0.15, 0.2) is 34.9 Å². The van der Waals surface area contributed by atoms with Gasteiger partial charge in [-0.15, -0.1) is 0 Å². The molecule has 1 aromatic heterocycles. The summed E-state index contributed by atoms with van der Waals surface area (Å²) in [5.74, 6) is 0.806. The van der Waals surface area contributed by atoms with Crippen LogP contribution in [0, 0.1) is 12.8 Å². The van der Waals surface area contributed by atoms with Crippen LogP contribution in [-0.2, 0) is 17.9 Å². The van der Waals surface area contributed by atoms with Crippen LogP contribution in [0.4, 0.5) is 4.79 Å². The zero-order chi connectivity index (χ0) is 18.4. The molecule has 0 saturated carbocycles. The van der Waals surface area contributed by atoms with Crippen LogP contribution in [0.5, 0.6) is 0 Å². The Morgan fingerprint density at radius 2 is 1.88 bits per heavy atom. The fourth-order valence-corrected chi connectivity index (χ4v) is 2.95. The van der Waals surface area contributed by atoms with Crippen molar-refractivity contribution >= 4 is 11.9 Å². The molecule has 0 aliphatic carbocycles. The van der Waals surface area contributed by atoms with Crippen LogP contribution in [0.2, 0.25) is 0 Å². The van der Waals surface area contributed by atoms with Crippen LogP contribution in [-0.4, -0.2) is 40.1 Å². The van der Waals surface area contributed by atoms with Gasteiger partial charge in [0.2, 0.25) is 11.8 Å². The molecular weight excluding hydrogens is 334 g/mol. The maximum absolute atomic E-state index is 12.2. The molecule has 2 N–H and O–H groups in total. The molecule has 26 heavy (non-hydrogen) atoms. The van der Waals surface area contributed by atoms with Crippen LogP contribution in [0.1, 0.15) is 30.1 Å². The lowest BCUT2D eigenvalue weighted by Gasteiger charge is -2.31. The van der Waals surface area contributed by atoms with Crippen LogP contribution >= 0.6 is 0 Å². The molecule has 3 amide bonds. The van der Waals surface area contributed by atoms with Gasteiger partial charge in [-0.25, -0.2) is 4.79 Å². The first kappa shape index (κ1) is 17.9. The Kier molecular flexibility index (Phi) is 5.83. The largest absolute Gasteiger partial charge is 0.347 e. The fourth-order valence-electron chi connectivity index (χ4n) is 2.95. The number of carbonyl (C=O) groups is 2. The number of piperidine rings is 1.